The van der Waals surface area contributed by atoms with E-state index < -0.39 is 24.0 Å². The predicted molar refractivity (Wildman–Crippen MR) is 223 cm³/mol. The number of carbonyl (C=O) groups excluding carboxylic acids is 2. The summed E-state index contributed by atoms with van der Waals surface area (Å²) in [5.74, 6) is -2.51. The molecule has 0 saturated carbocycles. The number of hydrogen-bond acceptors (Lipinski definition) is 6. The van der Waals surface area contributed by atoms with Gasteiger partial charge in [-0.25, -0.2) is 9.59 Å². The third kappa shape index (κ3) is 35.6. The quantitative estimate of drug-likeness (QED) is 0.0357. The normalized spacial score (nSPS) is 12.4. The zero-order valence-corrected chi connectivity index (χ0v) is 35.2. The number of carboxylic acid groups (broad SMARTS) is 2. The molecule has 0 spiro atoms. The van der Waals surface area contributed by atoms with Crippen LogP contribution >= 0.6 is 21.6 Å². The molecule has 0 aliphatic rings. The third-order valence-electron chi connectivity index (χ3n) is 9.83. The maximum atomic E-state index is 12.4. The van der Waals surface area contributed by atoms with E-state index in [-0.39, 0.29) is 23.3 Å². The minimum atomic E-state index is -1.11. The van der Waals surface area contributed by atoms with Crippen molar-refractivity contribution in [3.63, 3.8) is 0 Å². The van der Waals surface area contributed by atoms with Crippen LogP contribution in [0.4, 0.5) is 0 Å². The van der Waals surface area contributed by atoms with Crippen molar-refractivity contribution >= 4 is 45.3 Å². The Morgan fingerprint density at radius 2 is 0.596 bits per heavy atom. The number of nitrogens with one attached hydrogen (secondary N) is 2. The second-order valence-corrected chi connectivity index (χ2v) is 17.4. The van der Waals surface area contributed by atoms with E-state index in [2.05, 4.69) is 24.5 Å². The van der Waals surface area contributed by atoms with Crippen molar-refractivity contribution in [3.05, 3.63) is 0 Å². The highest BCUT2D eigenvalue weighted by molar-refractivity contribution is 8.76. The molecule has 0 bridgehead atoms. The van der Waals surface area contributed by atoms with Crippen LogP contribution in [-0.2, 0) is 19.2 Å². The molecule has 0 unspecified atom stereocenters. The van der Waals surface area contributed by atoms with Gasteiger partial charge in [0.05, 0.1) is 0 Å². The number of aliphatic carboxylic acids is 2. The Balaban J connectivity index is 3.88. The van der Waals surface area contributed by atoms with Gasteiger partial charge in [-0.3, -0.25) is 9.59 Å². The van der Waals surface area contributed by atoms with Crippen molar-refractivity contribution in [1.82, 2.24) is 10.6 Å². The predicted octanol–water partition coefficient (Wildman–Crippen LogP) is 12.0. The minimum absolute atomic E-state index is 0.115. The van der Waals surface area contributed by atoms with Gasteiger partial charge in [0, 0.05) is 24.3 Å². The van der Waals surface area contributed by atoms with Crippen LogP contribution in [0.25, 0.3) is 0 Å². The molecule has 0 rings (SSSR count). The lowest BCUT2D eigenvalue weighted by molar-refractivity contribution is -0.141. The van der Waals surface area contributed by atoms with Gasteiger partial charge in [-0.2, -0.15) is 0 Å². The van der Waals surface area contributed by atoms with E-state index in [9.17, 15) is 29.4 Å². The first-order valence-corrected chi connectivity index (χ1v) is 24.1. The van der Waals surface area contributed by atoms with E-state index in [1.807, 2.05) is 0 Å². The van der Waals surface area contributed by atoms with Gasteiger partial charge in [0.25, 0.3) is 0 Å². The lowest BCUT2D eigenvalue weighted by Gasteiger charge is -2.16. The van der Waals surface area contributed by atoms with Gasteiger partial charge < -0.3 is 20.8 Å². The summed E-state index contributed by atoms with van der Waals surface area (Å²) in [6.45, 7) is 4.51. The largest absolute Gasteiger partial charge is 0.480 e. The first-order chi connectivity index (χ1) is 25.3. The first-order valence-electron chi connectivity index (χ1n) is 21.6. The smallest absolute Gasteiger partial charge is 0.327 e. The van der Waals surface area contributed by atoms with Crippen LogP contribution in [0.3, 0.4) is 0 Å². The summed E-state index contributed by atoms with van der Waals surface area (Å²) in [4.78, 5) is 48.2. The van der Waals surface area contributed by atoms with Crippen molar-refractivity contribution in [2.24, 2.45) is 0 Å². The highest BCUT2D eigenvalue weighted by Gasteiger charge is 2.23. The average Bonchev–Trinajstić information content (AvgIpc) is 3.12. The molecule has 0 saturated heterocycles. The molecule has 0 aliphatic heterocycles. The Hall–Kier alpha value is -1.42. The van der Waals surface area contributed by atoms with Gasteiger partial charge in [0.2, 0.25) is 11.8 Å². The van der Waals surface area contributed by atoms with Crippen LogP contribution < -0.4 is 10.6 Å². The van der Waals surface area contributed by atoms with E-state index in [1.54, 1.807) is 0 Å². The Bertz CT molecular complexity index is 794. The highest BCUT2D eigenvalue weighted by Crippen LogP contribution is 2.23. The number of carboxylic acids is 2. The molecule has 0 radical (unpaired) electrons. The van der Waals surface area contributed by atoms with Crippen molar-refractivity contribution < 1.29 is 29.4 Å². The maximum absolute atomic E-state index is 12.4. The molecular weight excluding hydrogens is 693 g/mol. The lowest BCUT2D eigenvalue weighted by Crippen LogP contribution is -2.43. The Kier molecular flexibility index (Phi) is 38.2. The molecule has 0 aromatic carbocycles. The molecule has 0 aliphatic carbocycles. The maximum Gasteiger partial charge on any atom is 0.327 e. The molecule has 4 N–H and O–H groups in total. The molecule has 306 valence electrons. The highest BCUT2D eigenvalue weighted by atomic mass is 33.1. The van der Waals surface area contributed by atoms with Gasteiger partial charge in [-0.15, -0.1) is 0 Å². The molecule has 8 nitrogen and oxygen atoms in total. The lowest BCUT2D eigenvalue weighted by atomic mass is 10.0. The summed E-state index contributed by atoms with van der Waals surface area (Å²) in [5, 5.41) is 24.4. The summed E-state index contributed by atoms with van der Waals surface area (Å²) in [7, 11) is 2.40. The van der Waals surface area contributed by atoms with E-state index in [4.69, 9.17) is 0 Å². The number of rotatable bonds is 41. The summed E-state index contributed by atoms with van der Waals surface area (Å²) in [6.07, 6.45) is 38.1. The van der Waals surface area contributed by atoms with Crippen molar-refractivity contribution in [2.75, 3.05) is 11.5 Å². The molecule has 0 heterocycles. The van der Waals surface area contributed by atoms with Crippen LogP contribution in [0.1, 0.15) is 219 Å². The zero-order valence-electron chi connectivity index (χ0n) is 33.5. The second kappa shape index (κ2) is 39.3. The molecule has 0 aromatic rings. The van der Waals surface area contributed by atoms with Crippen molar-refractivity contribution in [3.8, 4) is 0 Å². The monoisotopic (exact) mass is 773 g/mol. The van der Waals surface area contributed by atoms with Crippen LogP contribution in [-0.4, -0.2) is 57.6 Å². The van der Waals surface area contributed by atoms with Gasteiger partial charge >= 0.3 is 11.9 Å². The molecule has 0 aromatic heterocycles. The first kappa shape index (κ1) is 50.6. The van der Waals surface area contributed by atoms with Crippen LogP contribution in [0.2, 0.25) is 0 Å². The molecule has 10 heteroatoms. The van der Waals surface area contributed by atoms with E-state index in [0.29, 0.717) is 12.8 Å². The fraction of sp³-hybridized carbons (Fsp3) is 0.905. The van der Waals surface area contributed by atoms with E-state index in [0.717, 1.165) is 38.5 Å². The van der Waals surface area contributed by atoms with Gasteiger partial charge in [0.1, 0.15) is 12.1 Å². The summed E-state index contributed by atoms with van der Waals surface area (Å²) in [5.41, 5.74) is 0. The fourth-order valence-corrected chi connectivity index (χ4v) is 8.74. The number of unbranched alkanes of at least 4 members (excludes halogenated alkanes) is 28. The SMILES string of the molecule is CCCCCCCCCCCCCCCCCC(=O)N[C@@H](CSSC[C@H](NC(=O)CCCCCCCCCCCCCCCCC)C(=O)O)C(=O)O. The van der Waals surface area contributed by atoms with Crippen molar-refractivity contribution in [1.29, 1.82) is 0 Å². The minimum Gasteiger partial charge on any atom is -0.480 e. The van der Waals surface area contributed by atoms with E-state index >= 15 is 0 Å². The molecule has 2 atom stereocenters. The fourth-order valence-electron chi connectivity index (χ4n) is 6.43. The zero-order chi connectivity index (χ0) is 38.3. The van der Waals surface area contributed by atoms with Crippen LogP contribution in [0.15, 0.2) is 0 Å². The summed E-state index contributed by atoms with van der Waals surface area (Å²) in [6, 6.07) is -2.08. The topological polar surface area (TPSA) is 133 Å². The van der Waals surface area contributed by atoms with Crippen LogP contribution in [0, 0.1) is 0 Å². The molecule has 0 fully saturated rings. The average molecular weight is 773 g/mol. The summed E-state index contributed by atoms with van der Waals surface area (Å²) < 4.78 is 0. The van der Waals surface area contributed by atoms with Crippen LogP contribution in [0.5, 0.6) is 0 Å². The van der Waals surface area contributed by atoms with Crippen molar-refractivity contribution in [2.45, 2.75) is 231 Å². The Morgan fingerprint density at radius 1 is 0.385 bits per heavy atom. The molecule has 52 heavy (non-hydrogen) atoms. The molecule has 2 amide bonds. The number of carbonyl (C=O) groups is 4. The van der Waals surface area contributed by atoms with Gasteiger partial charge in [-0.05, 0) is 12.8 Å². The Labute approximate surface area is 327 Å². The molecular formula is C42H80N2O6S2. The third-order valence-corrected chi connectivity index (χ3v) is 12.3. The number of amides is 2. The Morgan fingerprint density at radius 3 is 0.808 bits per heavy atom. The van der Waals surface area contributed by atoms with Gasteiger partial charge in [0.15, 0.2) is 0 Å². The van der Waals surface area contributed by atoms with Gasteiger partial charge in [-0.1, -0.05) is 215 Å². The summed E-state index contributed by atoms with van der Waals surface area (Å²) >= 11 is 0. The van der Waals surface area contributed by atoms with E-state index in [1.165, 1.54) is 176 Å². The second-order valence-electron chi connectivity index (χ2n) is 14.9. The number of hydrogen-bond donors (Lipinski definition) is 4. The standard InChI is InChI=1S/C42H80N2O6S2/c1-3-5-7-9-11-13-15-17-19-21-23-25-27-29-31-33-39(45)43-37(41(47)48)35-51-52-36-38(42(49)50)44-40(46)34-32-30-28-26-24-22-20-18-16-14-12-10-8-6-4-2/h37-38H,3-36H2,1-2H3,(H,43,45)(H,44,46)(H,47,48)(H,49,50)/t37-,38-/m0/s1.